The lowest BCUT2D eigenvalue weighted by Crippen LogP contribution is -2.22. The van der Waals surface area contributed by atoms with Crippen molar-refractivity contribution in [1.29, 1.82) is 0 Å². The topological polar surface area (TPSA) is 58.6 Å². The van der Waals surface area contributed by atoms with E-state index in [1.54, 1.807) is 42.5 Å². The van der Waals surface area contributed by atoms with Gasteiger partial charge in [-0.05, 0) is 48.5 Å². The van der Waals surface area contributed by atoms with Crippen molar-refractivity contribution in [3.63, 3.8) is 0 Å². The molecule has 0 aliphatic rings. The average Bonchev–Trinajstić information content (AvgIpc) is 2.58. The highest BCUT2D eigenvalue weighted by Gasteiger charge is 2.05. The molecule has 0 saturated carbocycles. The number of rotatable bonds is 5. The number of carboxylic acid groups (broad SMARTS) is 1. The summed E-state index contributed by atoms with van der Waals surface area (Å²) in [6.45, 7) is 0. The lowest BCUT2D eigenvalue weighted by Gasteiger charge is -2.12. The lowest BCUT2D eigenvalue weighted by molar-refractivity contribution is -0.255. The first-order valence-corrected chi connectivity index (χ1v) is 7.03. The quantitative estimate of drug-likeness (QED) is 0.722. The van der Waals surface area contributed by atoms with Crippen LogP contribution in [0.1, 0.15) is 10.4 Å². The molecule has 3 aromatic carbocycles. The molecule has 3 rings (SSSR count). The average molecular weight is 305 g/mol. The van der Waals surface area contributed by atoms with Gasteiger partial charge in [0, 0.05) is 5.56 Å². The minimum atomic E-state index is -1.27. The second-order valence-corrected chi connectivity index (χ2v) is 4.77. The number of carbonyl (C=O) groups is 1. The third kappa shape index (κ3) is 3.68. The molecule has 114 valence electrons. The molecule has 0 aromatic heterocycles. The fraction of sp³-hybridized carbons (Fsp3) is 0. The Morgan fingerprint density at radius 3 is 1.83 bits per heavy atom. The van der Waals surface area contributed by atoms with Crippen molar-refractivity contribution in [2.45, 2.75) is 0 Å². The first kappa shape index (κ1) is 14.7. The van der Waals surface area contributed by atoms with Crippen molar-refractivity contribution in [3.8, 4) is 23.0 Å². The maximum Gasteiger partial charge on any atom is 0.136 e. The van der Waals surface area contributed by atoms with Gasteiger partial charge in [0.15, 0.2) is 0 Å². The fourth-order valence-electron chi connectivity index (χ4n) is 2.05. The molecule has 23 heavy (non-hydrogen) atoms. The Hall–Kier alpha value is -3.27. The first-order valence-electron chi connectivity index (χ1n) is 7.03. The molecule has 0 N–H and O–H groups in total. The van der Waals surface area contributed by atoms with Crippen LogP contribution in [-0.4, -0.2) is 5.97 Å². The largest absolute Gasteiger partial charge is 0.545 e. The summed E-state index contributed by atoms with van der Waals surface area (Å²) in [4.78, 5) is 11.1. The molecular formula is C19H13O4-. The van der Waals surface area contributed by atoms with Gasteiger partial charge in [-0.1, -0.05) is 30.3 Å². The van der Waals surface area contributed by atoms with E-state index < -0.39 is 5.97 Å². The van der Waals surface area contributed by atoms with E-state index in [-0.39, 0.29) is 11.3 Å². The summed E-state index contributed by atoms with van der Waals surface area (Å²) in [6.07, 6.45) is 0. The zero-order valence-electron chi connectivity index (χ0n) is 12.1. The second kappa shape index (κ2) is 6.66. The zero-order chi connectivity index (χ0) is 16.1. The molecule has 0 heterocycles. The van der Waals surface area contributed by atoms with Crippen LogP contribution in [0.3, 0.4) is 0 Å². The van der Waals surface area contributed by atoms with Crippen LogP contribution in [0.5, 0.6) is 23.0 Å². The van der Waals surface area contributed by atoms with Gasteiger partial charge in [0.1, 0.15) is 23.0 Å². The smallest absolute Gasteiger partial charge is 0.136 e. The van der Waals surface area contributed by atoms with Crippen molar-refractivity contribution in [1.82, 2.24) is 0 Å². The maximum atomic E-state index is 11.1. The van der Waals surface area contributed by atoms with Crippen molar-refractivity contribution in [2.75, 3.05) is 0 Å². The van der Waals surface area contributed by atoms with Crippen molar-refractivity contribution >= 4 is 5.97 Å². The van der Waals surface area contributed by atoms with Crippen molar-refractivity contribution in [2.24, 2.45) is 0 Å². The van der Waals surface area contributed by atoms with E-state index in [9.17, 15) is 9.90 Å². The molecule has 0 spiro atoms. The van der Waals surface area contributed by atoms with Gasteiger partial charge in [0.05, 0.1) is 5.97 Å². The lowest BCUT2D eigenvalue weighted by atomic mass is 10.2. The van der Waals surface area contributed by atoms with Crippen molar-refractivity contribution < 1.29 is 19.4 Å². The Labute approximate surface area is 133 Å². The summed E-state index contributed by atoms with van der Waals surface area (Å²) in [6, 6.07) is 22.7. The normalized spacial score (nSPS) is 10.1. The van der Waals surface area contributed by atoms with Crippen LogP contribution in [0.4, 0.5) is 0 Å². The molecular weight excluding hydrogens is 292 g/mol. The number of hydrogen-bond donors (Lipinski definition) is 0. The predicted molar refractivity (Wildman–Crippen MR) is 83.8 cm³/mol. The molecule has 0 amide bonds. The number of ether oxygens (including phenoxy) is 2. The first-order chi connectivity index (χ1) is 11.2. The third-order valence-electron chi connectivity index (χ3n) is 3.14. The van der Waals surface area contributed by atoms with E-state index in [4.69, 9.17) is 9.47 Å². The molecule has 0 unspecified atom stereocenters. The molecule has 4 heteroatoms. The number of para-hydroxylation sites is 2. The number of hydrogen-bond acceptors (Lipinski definition) is 4. The highest BCUT2D eigenvalue weighted by Crippen LogP contribution is 2.28. The van der Waals surface area contributed by atoms with Gasteiger partial charge in [-0.2, -0.15) is 0 Å². The monoisotopic (exact) mass is 305 g/mol. The van der Waals surface area contributed by atoms with Crippen LogP contribution in [0.25, 0.3) is 0 Å². The molecule has 0 aliphatic heterocycles. The standard InChI is InChI=1S/C19H14O4/c20-19(21)17-8-4-5-9-18(17)23-16-12-10-15(11-13-16)22-14-6-2-1-3-7-14/h1-13H,(H,20,21)/p-1. The van der Waals surface area contributed by atoms with Gasteiger partial charge < -0.3 is 19.4 Å². The Balaban J connectivity index is 1.74. The van der Waals surface area contributed by atoms with Crippen LogP contribution in [-0.2, 0) is 0 Å². The third-order valence-corrected chi connectivity index (χ3v) is 3.14. The SMILES string of the molecule is O=C([O-])c1ccccc1Oc1ccc(Oc2ccccc2)cc1. The molecule has 0 aliphatic carbocycles. The van der Waals surface area contributed by atoms with Crippen LogP contribution < -0.4 is 14.6 Å². The predicted octanol–water partition coefficient (Wildman–Crippen LogP) is 3.63. The molecule has 4 nitrogen and oxygen atoms in total. The van der Waals surface area contributed by atoms with Crippen LogP contribution >= 0.6 is 0 Å². The van der Waals surface area contributed by atoms with E-state index in [2.05, 4.69) is 0 Å². The number of carboxylic acids is 1. The van der Waals surface area contributed by atoms with E-state index in [1.165, 1.54) is 6.07 Å². The number of carbonyl (C=O) groups excluding carboxylic acids is 1. The van der Waals surface area contributed by atoms with E-state index in [1.807, 2.05) is 30.3 Å². The molecule has 0 atom stereocenters. The molecule has 0 fully saturated rings. The maximum absolute atomic E-state index is 11.1. The van der Waals surface area contributed by atoms with E-state index >= 15 is 0 Å². The van der Waals surface area contributed by atoms with Crippen LogP contribution in [0.15, 0.2) is 78.9 Å². The van der Waals surface area contributed by atoms with Crippen molar-refractivity contribution in [3.05, 3.63) is 84.4 Å². The summed E-state index contributed by atoms with van der Waals surface area (Å²) in [5, 5.41) is 11.1. The number of aromatic carboxylic acids is 1. The highest BCUT2D eigenvalue weighted by molar-refractivity contribution is 5.89. The molecule has 0 saturated heterocycles. The van der Waals surface area contributed by atoms with Gasteiger partial charge in [0.25, 0.3) is 0 Å². The highest BCUT2D eigenvalue weighted by atomic mass is 16.5. The summed E-state index contributed by atoms with van der Waals surface area (Å²) in [7, 11) is 0. The van der Waals surface area contributed by atoms with E-state index in [0.717, 1.165) is 5.75 Å². The van der Waals surface area contributed by atoms with Gasteiger partial charge in [-0.25, -0.2) is 0 Å². The van der Waals surface area contributed by atoms with Gasteiger partial charge in [0.2, 0.25) is 0 Å². The number of benzene rings is 3. The van der Waals surface area contributed by atoms with Gasteiger partial charge in [-0.15, -0.1) is 0 Å². The van der Waals surface area contributed by atoms with Crippen LogP contribution in [0.2, 0.25) is 0 Å². The summed E-state index contributed by atoms with van der Waals surface area (Å²) < 4.78 is 11.3. The second-order valence-electron chi connectivity index (χ2n) is 4.77. The Kier molecular flexibility index (Phi) is 4.25. The Morgan fingerprint density at radius 2 is 1.17 bits per heavy atom. The minimum absolute atomic E-state index is 0.0112. The van der Waals surface area contributed by atoms with Gasteiger partial charge >= 0.3 is 0 Å². The molecule has 0 bridgehead atoms. The Bertz CT molecular complexity index is 795. The van der Waals surface area contributed by atoms with Gasteiger partial charge in [-0.3, -0.25) is 0 Å². The summed E-state index contributed by atoms with van der Waals surface area (Å²) in [5.41, 5.74) is 0.0112. The van der Waals surface area contributed by atoms with E-state index in [0.29, 0.717) is 11.5 Å². The minimum Gasteiger partial charge on any atom is -0.545 e. The fourth-order valence-corrected chi connectivity index (χ4v) is 2.05. The summed E-state index contributed by atoms with van der Waals surface area (Å²) >= 11 is 0. The molecule has 3 aromatic rings. The summed E-state index contributed by atoms with van der Waals surface area (Å²) in [5.74, 6) is 0.883. The van der Waals surface area contributed by atoms with Crippen LogP contribution in [0, 0.1) is 0 Å². The molecule has 0 radical (unpaired) electrons. The zero-order valence-corrected chi connectivity index (χ0v) is 12.1. The Morgan fingerprint density at radius 1 is 0.652 bits per heavy atom.